The number of para-hydroxylation sites is 1. The Hall–Kier alpha value is -3.61. The van der Waals surface area contributed by atoms with Crippen LogP contribution in [-0.4, -0.2) is 25.1 Å². The van der Waals surface area contributed by atoms with Crippen molar-refractivity contribution in [1.29, 1.82) is 0 Å². The minimum Gasteiger partial charge on any atom is -0.292 e. The highest BCUT2D eigenvalue weighted by Crippen LogP contribution is 2.13. The number of fused-ring (bicyclic) bond motifs is 1. The fourth-order valence-corrected chi connectivity index (χ4v) is 2.70. The molecule has 26 heavy (non-hydrogen) atoms. The fraction of sp³-hybridized carbons (Fsp3) is 0.0526. The van der Waals surface area contributed by atoms with Crippen LogP contribution in [0.1, 0.15) is 10.4 Å². The molecule has 0 bridgehead atoms. The van der Waals surface area contributed by atoms with Crippen molar-refractivity contribution in [3.05, 3.63) is 88.9 Å². The maximum Gasteiger partial charge on any atom is 0.264 e. The Morgan fingerprint density at radius 2 is 1.77 bits per heavy atom. The molecule has 0 unspecified atom stereocenters. The number of rotatable bonds is 4. The van der Waals surface area contributed by atoms with E-state index < -0.39 is 5.82 Å². The quantitative estimate of drug-likeness (QED) is 0.532. The van der Waals surface area contributed by atoms with Crippen LogP contribution >= 0.6 is 0 Å². The molecule has 2 aromatic heterocycles. The number of hydrogen-bond donors (Lipinski definition) is 0. The molecule has 6 nitrogen and oxygen atoms in total. The Morgan fingerprint density at radius 1 is 1.04 bits per heavy atom. The number of aromatic nitrogens is 4. The predicted molar refractivity (Wildman–Crippen MR) is 93.9 cm³/mol. The van der Waals surface area contributed by atoms with Gasteiger partial charge in [-0.15, -0.1) is 0 Å². The van der Waals surface area contributed by atoms with E-state index in [2.05, 4.69) is 10.1 Å². The monoisotopic (exact) mass is 348 g/mol. The molecular weight excluding hydrogens is 335 g/mol. The number of benzene rings is 2. The van der Waals surface area contributed by atoms with Crippen LogP contribution in [0.3, 0.4) is 0 Å². The molecular formula is C19H13FN4O2. The first-order valence-electron chi connectivity index (χ1n) is 7.91. The third-order valence-corrected chi connectivity index (χ3v) is 4.04. The average Bonchev–Trinajstić information content (AvgIpc) is 3.10. The van der Waals surface area contributed by atoms with E-state index in [9.17, 15) is 14.0 Å². The van der Waals surface area contributed by atoms with Gasteiger partial charge in [0, 0.05) is 5.56 Å². The van der Waals surface area contributed by atoms with Gasteiger partial charge in [0.25, 0.3) is 5.56 Å². The van der Waals surface area contributed by atoms with Crippen molar-refractivity contribution in [2.24, 2.45) is 0 Å². The first-order chi connectivity index (χ1) is 12.6. The molecule has 4 aromatic rings. The summed E-state index contributed by atoms with van der Waals surface area (Å²) in [6.07, 6.45) is 2.77. The number of ketones is 1. The van der Waals surface area contributed by atoms with Gasteiger partial charge >= 0.3 is 0 Å². The zero-order chi connectivity index (χ0) is 18.1. The van der Waals surface area contributed by atoms with E-state index in [1.165, 1.54) is 41.4 Å². The highest BCUT2D eigenvalue weighted by Gasteiger charge is 2.14. The normalized spacial score (nSPS) is 11.0. The Bertz CT molecular complexity index is 1150. The second-order valence-corrected chi connectivity index (χ2v) is 5.74. The number of nitrogens with zero attached hydrogens (tertiary/aromatic N) is 4. The molecule has 0 aliphatic heterocycles. The van der Waals surface area contributed by atoms with Crippen molar-refractivity contribution in [2.75, 3.05) is 0 Å². The van der Waals surface area contributed by atoms with E-state index >= 15 is 0 Å². The van der Waals surface area contributed by atoms with Crippen LogP contribution in [0.5, 0.6) is 0 Å². The highest BCUT2D eigenvalue weighted by atomic mass is 19.1. The smallest absolute Gasteiger partial charge is 0.264 e. The van der Waals surface area contributed by atoms with E-state index in [4.69, 9.17) is 0 Å². The molecule has 0 aliphatic carbocycles. The van der Waals surface area contributed by atoms with Gasteiger partial charge in [0.2, 0.25) is 0 Å². The summed E-state index contributed by atoms with van der Waals surface area (Å²) in [5, 5.41) is 4.55. The molecule has 0 N–H and O–H groups in total. The minimum absolute atomic E-state index is 0.177. The fourth-order valence-electron chi connectivity index (χ4n) is 2.70. The molecule has 0 radical (unpaired) electrons. The summed E-state index contributed by atoms with van der Waals surface area (Å²) in [7, 11) is 0. The van der Waals surface area contributed by atoms with E-state index in [0.717, 1.165) is 5.69 Å². The lowest BCUT2D eigenvalue weighted by Gasteiger charge is -2.06. The predicted octanol–water partition coefficient (Wildman–Crippen LogP) is 2.60. The molecule has 0 fully saturated rings. The molecule has 0 saturated carbocycles. The van der Waals surface area contributed by atoms with Gasteiger partial charge in [-0.1, -0.05) is 18.2 Å². The molecule has 0 saturated heterocycles. The Kier molecular flexibility index (Phi) is 3.89. The molecule has 2 heterocycles. The lowest BCUT2D eigenvalue weighted by Crippen LogP contribution is -2.24. The molecule has 0 aliphatic rings. The molecule has 4 rings (SSSR count). The van der Waals surface area contributed by atoms with E-state index in [0.29, 0.717) is 16.6 Å². The lowest BCUT2D eigenvalue weighted by atomic mass is 10.1. The molecule has 7 heteroatoms. The molecule has 0 amide bonds. The number of Topliss-reactive ketones (excluding diaryl/α,β-unsaturated/α-hetero) is 1. The van der Waals surface area contributed by atoms with Gasteiger partial charge in [0.15, 0.2) is 11.4 Å². The topological polar surface area (TPSA) is 69.8 Å². The molecule has 2 aromatic carbocycles. The summed E-state index contributed by atoms with van der Waals surface area (Å²) < 4.78 is 15.8. The molecule has 128 valence electrons. The summed E-state index contributed by atoms with van der Waals surface area (Å²) in [5.41, 5.74) is 1.19. The van der Waals surface area contributed by atoms with Crippen LogP contribution < -0.4 is 5.56 Å². The standard InChI is InChI=1S/C19H13FN4O2/c20-14-8-6-13(7-9-14)17(25)11-23-12-21-18-16(19(23)26)10-22-24(18)15-4-2-1-3-5-15/h1-10,12H,11H2. The first-order valence-corrected chi connectivity index (χ1v) is 7.91. The number of halogens is 1. The number of carbonyl (C=O) groups excluding carboxylic acids is 1. The summed E-state index contributed by atoms with van der Waals surface area (Å²) in [5.74, 6) is -0.723. The van der Waals surface area contributed by atoms with Crippen molar-refractivity contribution in [3.8, 4) is 5.69 Å². The van der Waals surface area contributed by atoms with Crippen LogP contribution in [0.25, 0.3) is 16.7 Å². The van der Waals surface area contributed by atoms with Crippen LogP contribution in [0.4, 0.5) is 4.39 Å². The van der Waals surface area contributed by atoms with Crippen molar-refractivity contribution in [3.63, 3.8) is 0 Å². The van der Waals surface area contributed by atoms with Crippen molar-refractivity contribution < 1.29 is 9.18 Å². The summed E-state index contributed by atoms with van der Waals surface area (Å²) >= 11 is 0. The molecule has 0 spiro atoms. The first kappa shape index (κ1) is 15.9. The van der Waals surface area contributed by atoms with Gasteiger partial charge in [0.05, 0.1) is 18.4 Å². The van der Waals surface area contributed by atoms with E-state index in [1.807, 2.05) is 30.3 Å². The highest BCUT2D eigenvalue weighted by molar-refractivity contribution is 5.96. The van der Waals surface area contributed by atoms with Gasteiger partial charge in [-0.2, -0.15) is 5.10 Å². The maximum atomic E-state index is 13.0. The number of carbonyl (C=O) groups is 1. The van der Waals surface area contributed by atoms with Gasteiger partial charge in [-0.3, -0.25) is 14.2 Å². The third kappa shape index (κ3) is 2.79. The summed E-state index contributed by atoms with van der Waals surface area (Å²) in [6, 6.07) is 14.5. The van der Waals surface area contributed by atoms with Crippen LogP contribution in [-0.2, 0) is 6.54 Å². The zero-order valence-electron chi connectivity index (χ0n) is 13.5. The van der Waals surface area contributed by atoms with Crippen molar-refractivity contribution in [2.45, 2.75) is 6.54 Å². The largest absolute Gasteiger partial charge is 0.292 e. The van der Waals surface area contributed by atoms with Gasteiger partial charge in [0.1, 0.15) is 17.5 Å². The van der Waals surface area contributed by atoms with Gasteiger partial charge in [-0.05, 0) is 36.4 Å². The Balaban J connectivity index is 1.70. The van der Waals surface area contributed by atoms with Crippen LogP contribution in [0, 0.1) is 5.82 Å². The van der Waals surface area contributed by atoms with E-state index in [-0.39, 0.29) is 17.9 Å². The average molecular weight is 348 g/mol. The zero-order valence-corrected chi connectivity index (χ0v) is 13.5. The lowest BCUT2D eigenvalue weighted by molar-refractivity contribution is 0.0970. The van der Waals surface area contributed by atoms with E-state index in [1.54, 1.807) is 4.68 Å². The third-order valence-electron chi connectivity index (χ3n) is 4.04. The second kappa shape index (κ2) is 6.36. The SMILES string of the molecule is O=C(Cn1cnc2c(cnn2-c2ccccc2)c1=O)c1ccc(F)cc1. The Morgan fingerprint density at radius 3 is 2.50 bits per heavy atom. The van der Waals surface area contributed by atoms with Gasteiger partial charge in [-0.25, -0.2) is 14.1 Å². The van der Waals surface area contributed by atoms with Crippen LogP contribution in [0.15, 0.2) is 71.9 Å². The summed E-state index contributed by atoms with van der Waals surface area (Å²) in [4.78, 5) is 29.3. The maximum absolute atomic E-state index is 13.0. The minimum atomic E-state index is -0.421. The molecule has 0 atom stereocenters. The van der Waals surface area contributed by atoms with Crippen molar-refractivity contribution >= 4 is 16.8 Å². The van der Waals surface area contributed by atoms with Crippen LogP contribution in [0.2, 0.25) is 0 Å². The van der Waals surface area contributed by atoms with Crippen molar-refractivity contribution in [1.82, 2.24) is 19.3 Å². The summed E-state index contributed by atoms with van der Waals surface area (Å²) in [6.45, 7) is -0.177. The van der Waals surface area contributed by atoms with Gasteiger partial charge < -0.3 is 0 Å². The number of hydrogen-bond acceptors (Lipinski definition) is 4. The second-order valence-electron chi connectivity index (χ2n) is 5.74. The Labute approximate surface area is 147 Å².